The largest absolute Gasteiger partial charge is 0.353 e. The molecule has 2 amide bonds. The summed E-state index contributed by atoms with van der Waals surface area (Å²) in [5, 5.41) is 4.75. The summed E-state index contributed by atoms with van der Waals surface area (Å²) in [5.41, 5.74) is 0.0796. The van der Waals surface area contributed by atoms with E-state index >= 15 is 0 Å². The number of halogens is 2. The quantitative estimate of drug-likeness (QED) is 0.686. The molecule has 8 nitrogen and oxygen atoms in total. The fraction of sp³-hybridized carbons (Fsp3) is 0.200. The van der Waals surface area contributed by atoms with Gasteiger partial charge in [0.15, 0.2) is 0 Å². The molecule has 4 rings (SSSR count). The van der Waals surface area contributed by atoms with Gasteiger partial charge in [-0.05, 0) is 24.3 Å². The van der Waals surface area contributed by atoms with E-state index in [4.69, 9.17) is 0 Å². The molecule has 0 unspecified atom stereocenters. The third kappa shape index (κ3) is 4.59. The molecule has 154 valence electrons. The number of urea groups is 1. The number of pyridine rings is 1. The number of carbonyl (C=O) groups is 1. The van der Waals surface area contributed by atoms with Crippen molar-refractivity contribution in [2.24, 2.45) is 0 Å². The first-order chi connectivity index (χ1) is 14.6. The van der Waals surface area contributed by atoms with E-state index in [1.165, 1.54) is 12.4 Å². The van der Waals surface area contributed by atoms with Gasteiger partial charge in [-0.15, -0.1) is 0 Å². The summed E-state index contributed by atoms with van der Waals surface area (Å²) in [6, 6.07) is 7.92. The lowest BCUT2D eigenvalue weighted by molar-refractivity contribution is 0.262. The fourth-order valence-electron chi connectivity index (χ4n) is 3.10. The van der Waals surface area contributed by atoms with Gasteiger partial charge in [-0.3, -0.25) is 0 Å². The fourth-order valence-corrected chi connectivity index (χ4v) is 3.10. The maximum Gasteiger partial charge on any atom is 0.323 e. The lowest BCUT2D eigenvalue weighted by Crippen LogP contribution is -2.47. The van der Waals surface area contributed by atoms with Crippen LogP contribution in [0.15, 0.2) is 55.0 Å². The second-order valence-electron chi connectivity index (χ2n) is 6.64. The first-order valence-electron chi connectivity index (χ1n) is 9.34. The number of amides is 2. The molecule has 0 atom stereocenters. The Morgan fingerprint density at radius 2 is 1.63 bits per heavy atom. The first-order valence-corrected chi connectivity index (χ1v) is 9.34. The maximum atomic E-state index is 13.6. The lowest BCUT2D eigenvalue weighted by atomic mass is 10.3. The van der Waals surface area contributed by atoms with E-state index in [1.54, 1.807) is 6.20 Å². The minimum atomic E-state index is -0.733. The van der Waals surface area contributed by atoms with Gasteiger partial charge >= 0.3 is 6.03 Å². The zero-order chi connectivity index (χ0) is 20.9. The molecule has 3 aromatic rings. The average molecular weight is 411 g/mol. The van der Waals surface area contributed by atoms with Crippen molar-refractivity contribution in [1.29, 1.82) is 0 Å². The lowest BCUT2D eigenvalue weighted by Gasteiger charge is -2.35. The molecule has 0 aliphatic carbocycles. The molecule has 10 heteroatoms. The van der Waals surface area contributed by atoms with Crippen LogP contribution in [0.1, 0.15) is 0 Å². The number of aromatic nitrogens is 3. The van der Waals surface area contributed by atoms with Gasteiger partial charge in [-0.25, -0.2) is 28.5 Å². The Kier molecular flexibility index (Phi) is 5.64. The van der Waals surface area contributed by atoms with Crippen molar-refractivity contribution in [2.45, 2.75) is 0 Å². The van der Waals surface area contributed by atoms with Crippen LogP contribution in [0.3, 0.4) is 0 Å². The van der Waals surface area contributed by atoms with Crippen molar-refractivity contribution >= 4 is 29.2 Å². The predicted octanol–water partition coefficient (Wildman–Crippen LogP) is 3.12. The van der Waals surface area contributed by atoms with Crippen molar-refractivity contribution in [3.05, 3.63) is 66.6 Å². The Bertz CT molecular complexity index is 1010. The van der Waals surface area contributed by atoms with E-state index in [9.17, 15) is 13.6 Å². The van der Waals surface area contributed by atoms with Crippen LogP contribution in [0.2, 0.25) is 0 Å². The topological polar surface area (TPSA) is 86.3 Å². The molecular weight excluding hydrogens is 392 g/mol. The molecule has 0 bridgehead atoms. The number of piperazine rings is 1. The van der Waals surface area contributed by atoms with E-state index in [0.717, 1.165) is 50.2 Å². The molecule has 3 heterocycles. The highest BCUT2D eigenvalue weighted by Crippen LogP contribution is 2.18. The van der Waals surface area contributed by atoms with Crippen LogP contribution < -0.4 is 20.4 Å². The van der Waals surface area contributed by atoms with Crippen LogP contribution in [0.5, 0.6) is 0 Å². The molecule has 1 aromatic carbocycles. The second-order valence-corrected chi connectivity index (χ2v) is 6.64. The minimum Gasteiger partial charge on any atom is -0.353 e. The van der Waals surface area contributed by atoms with Crippen molar-refractivity contribution in [1.82, 2.24) is 15.0 Å². The molecule has 1 saturated heterocycles. The summed E-state index contributed by atoms with van der Waals surface area (Å²) in [5.74, 6) is 0.113. The molecule has 0 radical (unpaired) electrons. The van der Waals surface area contributed by atoms with Gasteiger partial charge in [-0.2, -0.15) is 0 Å². The van der Waals surface area contributed by atoms with E-state index in [1.807, 2.05) is 23.1 Å². The molecular formula is C20H19F2N7O. The monoisotopic (exact) mass is 411 g/mol. The standard InChI is InChI=1S/C20H19F2N7O/c21-14-4-5-16(22)17(11-14)27-20(30)26-15-12-24-19(25-13-15)29-9-7-28(8-10-29)18-3-1-2-6-23-18/h1-6,11-13H,7-10H2,(H2,26,27,30). The Morgan fingerprint density at radius 1 is 0.900 bits per heavy atom. The van der Waals surface area contributed by atoms with E-state index in [-0.39, 0.29) is 5.69 Å². The number of hydrogen-bond acceptors (Lipinski definition) is 6. The van der Waals surface area contributed by atoms with Crippen LogP contribution >= 0.6 is 0 Å². The Labute approximate surface area is 171 Å². The minimum absolute atomic E-state index is 0.254. The summed E-state index contributed by atoms with van der Waals surface area (Å²) >= 11 is 0. The van der Waals surface area contributed by atoms with Crippen LogP contribution in [0.25, 0.3) is 0 Å². The number of nitrogens with one attached hydrogen (secondary N) is 2. The molecule has 2 aromatic heterocycles. The molecule has 0 saturated carbocycles. The number of nitrogens with zero attached hydrogens (tertiary/aromatic N) is 5. The third-order valence-electron chi connectivity index (χ3n) is 4.61. The smallest absolute Gasteiger partial charge is 0.323 e. The third-order valence-corrected chi connectivity index (χ3v) is 4.61. The Hall–Kier alpha value is -3.82. The number of benzene rings is 1. The highest BCUT2D eigenvalue weighted by Gasteiger charge is 2.20. The number of hydrogen-bond donors (Lipinski definition) is 2. The normalized spacial score (nSPS) is 13.8. The van der Waals surface area contributed by atoms with Crippen LogP contribution in [-0.4, -0.2) is 47.2 Å². The highest BCUT2D eigenvalue weighted by molar-refractivity contribution is 5.99. The number of anilines is 4. The zero-order valence-corrected chi connectivity index (χ0v) is 15.9. The van der Waals surface area contributed by atoms with Gasteiger partial charge in [-0.1, -0.05) is 6.07 Å². The summed E-state index contributed by atoms with van der Waals surface area (Å²) in [6.45, 7) is 3.06. The average Bonchev–Trinajstić information content (AvgIpc) is 2.77. The summed E-state index contributed by atoms with van der Waals surface area (Å²) in [7, 11) is 0. The molecule has 1 aliphatic heterocycles. The van der Waals surface area contributed by atoms with Gasteiger partial charge in [0.1, 0.15) is 17.5 Å². The number of carbonyl (C=O) groups excluding carboxylic acids is 1. The van der Waals surface area contributed by atoms with Crippen molar-refractivity contribution in [3.63, 3.8) is 0 Å². The molecule has 0 spiro atoms. The molecule has 1 fully saturated rings. The highest BCUT2D eigenvalue weighted by atomic mass is 19.1. The second kappa shape index (κ2) is 8.68. The van der Waals surface area contributed by atoms with Crippen molar-refractivity contribution in [2.75, 3.05) is 46.6 Å². The maximum absolute atomic E-state index is 13.6. The molecule has 30 heavy (non-hydrogen) atoms. The summed E-state index contributed by atoms with van der Waals surface area (Å²) in [4.78, 5) is 29.2. The van der Waals surface area contributed by atoms with Gasteiger partial charge < -0.3 is 20.4 Å². The van der Waals surface area contributed by atoms with E-state index in [0.29, 0.717) is 11.6 Å². The van der Waals surface area contributed by atoms with Gasteiger partial charge in [0.05, 0.1) is 23.8 Å². The first kappa shape index (κ1) is 19.5. The van der Waals surface area contributed by atoms with Gasteiger partial charge in [0.2, 0.25) is 5.95 Å². The van der Waals surface area contributed by atoms with E-state index < -0.39 is 17.7 Å². The zero-order valence-electron chi connectivity index (χ0n) is 15.9. The van der Waals surface area contributed by atoms with Crippen molar-refractivity contribution in [3.8, 4) is 0 Å². The Balaban J connectivity index is 1.32. The summed E-state index contributed by atoms with van der Waals surface area (Å²) < 4.78 is 26.8. The predicted molar refractivity (Wildman–Crippen MR) is 110 cm³/mol. The number of rotatable bonds is 4. The van der Waals surface area contributed by atoms with E-state index in [2.05, 4.69) is 30.5 Å². The Morgan fingerprint density at radius 3 is 2.33 bits per heavy atom. The van der Waals surface area contributed by atoms with Crippen LogP contribution in [-0.2, 0) is 0 Å². The SMILES string of the molecule is O=C(Nc1cnc(N2CCN(c3ccccn3)CC2)nc1)Nc1cc(F)ccc1F. The van der Waals surface area contributed by atoms with Gasteiger partial charge in [0, 0.05) is 38.4 Å². The molecule has 2 N–H and O–H groups in total. The van der Waals surface area contributed by atoms with Gasteiger partial charge in [0.25, 0.3) is 0 Å². The van der Waals surface area contributed by atoms with Crippen LogP contribution in [0, 0.1) is 11.6 Å². The summed E-state index contributed by atoms with van der Waals surface area (Å²) in [6.07, 6.45) is 4.71. The van der Waals surface area contributed by atoms with Crippen molar-refractivity contribution < 1.29 is 13.6 Å². The molecule has 1 aliphatic rings. The van der Waals surface area contributed by atoms with Crippen LogP contribution in [0.4, 0.5) is 36.7 Å².